The van der Waals surface area contributed by atoms with Crippen LogP contribution in [0.1, 0.15) is 20.3 Å². The Morgan fingerprint density at radius 2 is 2.00 bits per heavy atom. The summed E-state index contributed by atoms with van der Waals surface area (Å²) in [5.74, 6) is -0.715. The number of rotatable bonds is 4. The van der Waals surface area contributed by atoms with Gasteiger partial charge >= 0.3 is 5.97 Å². The second-order valence-corrected chi connectivity index (χ2v) is 1.87. The molecule has 0 spiro atoms. The third kappa shape index (κ3) is 5.39. The minimum Gasteiger partial charge on any atom is -0.465 e. The maximum atomic E-state index is 10.6. The zero-order chi connectivity index (χ0) is 8.69. The van der Waals surface area contributed by atoms with Crippen molar-refractivity contribution in [2.24, 2.45) is 0 Å². The first-order chi connectivity index (χ1) is 5.20. The van der Waals surface area contributed by atoms with E-state index in [1.807, 2.05) is 0 Å². The van der Waals surface area contributed by atoms with Crippen LogP contribution >= 0.6 is 0 Å². The number of carbonyl (C=O) groups excluding carboxylic acids is 2. The molecule has 0 fully saturated rings. The third-order valence-corrected chi connectivity index (χ3v) is 0.992. The van der Waals surface area contributed by atoms with E-state index in [2.05, 4.69) is 10.1 Å². The molecule has 4 heteroatoms. The SMILES string of the molecule is CCOC(=O)C[N]C(=O)CC. The van der Waals surface area contributed by atoms with Gasteiger partial charge in [-0.05, 0) is 6.92 Å². The van der Waals surface area contributed by atoms with E-state index in [1.54, 1.807) is 13.8 Å². The van der Waals surface area contributed by atoms with Gasteiger partial charge in [-0.15, -0.1) is 0 Å². The van der Waals surface area contributed by atoms with Crippen molar-refractivity contribution in [1.82, 2.24) is 5.32 Å². The van der Waals surface area contributed by atoms with Gasteiger partial charge in [0.05, 0.1) is 6.61 Å². The minimum atomic E-state index is -0.450. The molecule has 11 heavy (non-hydrogen) atoms. The van der Waals surface area contributed by atoms with Crippen molar-refractivity contribution < 1.29 is 14.3 Å². The van der Waals surface area contributed by atoms with Crippen molar-refractivity contribution in [3.05, 3.63) is 0 Å². The number of hydrogen-bond acceptors (Lipinski definition) is 3. The van der Waals surface area contributed by atoms with Crippen LogP contribution in [0, 0.1) is 0 Å². The highest BCUT2D eigenvalue weighted by molar-refractivity contribution is 5.81. The van der Waals surface area contributed by atoms with Gasteiger partial charge in [0.1, 0.15) is 6.54 Å². The molecule has 0 aliphatic heterocycles. The molecule has 0 atom stereocenters. The Bertz CT molecular complexity index is 145. The number of carbonyl (C=O) groups is 2. The summed E-state index contributed by atoms with van der Waals surface area (Å²) in [5, 5.41) is 3.45. The Hall–Kier alpha value is -1.06. The van der Waals surface area contributed by atoms with Gasteiger partial charge in [0.2, 0.25) is 5.91 Å². The van der Waals surface area contributed by atoms with Crippen molar-refractivity contribution in [1.29, 1.82) is 0 Å². The number of esters is 1. The molecule has 0 aromatic rings. The highest BCUT2D eigenvalue weighted by Gasteiger charge is 2.04. The van der Waals surface area contributed by atoms with Crippen LogP contribution in [0.2, 0.25) is 0 Å². The van der Waals surface area contributed by atoms with Gasteiger partial charge < -0.3 is 4.74 Å². The molecule has 0 rings (SSSR count). The van der Waals surface area contributed by atoms with Crippen LogP contribution in [0.5, 0.6) is 0 Å². The van der Waals surface area contributed by atoms with Gasteiger partial charge in [0.15, 0.2) is 0 Å². The standard InChI is InChI=1S/C7H12NO3/c1-3-6(9)8-5-7(10)11-4-2/h3-5H2,1-2H3. The summed E-state index contributed by atoms with van der Waals surface area (Å²) >= 11 is 0. The molecular formula is C7H12NO3. The van der Waals surface area contributed by atoms with Crippen molar-refractivity contribution >= 4 is 11.9 Å². The van der Waals surface area contributed by atoms with Gasteiger partial charge in [0.25, 0.3) is 0 Å². The Labute approximate surface area is 65.9 Å². The summed E-state index contributed by atoms with van der Waals surface area (Å²) in [5.41, 5.74) is 0. The summed E-state index contributed by atoms with van der Waals surface area (Å²) in [6.45, 7) is 3.58. The first-order valence-electron chi connectivity index (χ1n) is 3.56. The Kier molecular flexibility index (Phi) is 5.15. The molecule has 0 saturated heterocycles. The lowest BCUT2D eigenvalue weighted by atomic mass is 10.4. The lowest BCUT2D eigenvalue weighted by Crippen LogP contribution is -2.23. The monoisotopic (exact) mass is 158 g/mol. The molecule has 0 aromatic heterocycles. The van der Waals surface area contributed by atoms with Gasteiger partial charge in [-0.25, -0.2) is 5.32 Å². The molecule has 0 N–H and O–H groups in total. The van der Waals surface area contributed by atoms with Crippen molar-refractivity contribution in [3.8, 4) is 0 Å². The van der Waals surface area contributed by atoms with Crippen molar-refractivity contribution in [3.63, 3.8) is 0 Å². The molecule has 1 amide bonds. The fourth-order valence-electron chi connectivity index (χ4n) is 0.471. The fraction of sp³-hybridized carbons (Fsp3) is 0.714. The van der Waals surface area contributed by atoms with Crippen molar-refractivity contribution in [2.45, 2.75) is 20.3 Å². The largest absolute Gasteiger partial charge is 0.465 e. The maximum Gasteiger partial charge on any atom is 0.327 e. The van der Waals surface area contributed by atoms with Crippen LogP contribution in [-0.2, 0) is 14.3 Å². The predicted molar refractivity (Wildman–Crippen MR) is 38.9 cm³/mol. The summed E-state index contributed by atoms with van der Waals surface area (Å²) in [6.07, 6.45) is 0.333. The molecule has 0 aliphatic carbocycles. The highest BCUT2D eigenvalue weighted by atomic mass is 16.5. The third-order valence-electron chi connectivity index (χ3n) is 0.992. The zero-order valence-corrected chi connectivity index (χ0v) is 6.79. The average molecular weight is 158 g/mol. The molecule has 0 aromatic carbocycles. The predicted octanol–water partition coefficient (Wildman–Crippen LogP) is 0.0905. The van der Waals surface area contributed by atoms with Crippen molar-refractivity contribution in [2.75, 3.05) is 13.2 Å². The van der Waals surface area contributed by atoms with E-state index in [0.717, 1.165) is 0 Å². The molecule has 0 unspecified atom stereocenters. The molecule has 4 nitrogen and oxygen atoms in total. The van der Waals surface area contributed by atoms with E-state index in [1.165, 1.54) is 0 Å². The maximum absolute atomic E-state index is 10.6. The van der Waals surface area contributed by atoms with E-state index in [0.29, 0.717) is 13.0 Å². The highest BCUT2D eigenvalue weighted by Crippen LogP contribution is 1.80. The molecule has 0 bridgehead atoms. The lowest BCUT2D eigenvalue weighted by molar-refractivity contribution is -0.143. The summed E-state index contributed by atoms with van der Waals surface area (Å²) < 4.78 is 4.55. The lowest BCUT2D eigenvalue weighted by Gasteiger charge is -1.99. The van der Waals surface area contributed by atoms with Crippen LogP contribution < -0.4 is 5.32 Å². The molecule has 0 aliphatic rings. The normalized spacial score (nSPS) is 8.91. The molecule has 1 radical (unpaired) electrons. The second-order valence-electron chi connectivity index (χ2n) is 1.87. The molecule has 0 heterocycles. The van der Waals surface area contributed by atoms with Crippen LogP contribution in [-0.4, -0.2) is 25.0 Å². The first-order valence-corrected chi connectivity index (χ1v) is 3.56. The van der Waals surface area contributed by atoms with Crippen LogP contribution in [0.25, 0.3) is 0 Å². The van der Waals surface area contributed by atoms with Gasteiger partial charge in [-0.3, -0.25) is 9.59 Å². The average Bonchev–Trinajstić information content (AvgIpc) is 2.01. The smallest absolute Gasteiger partial charge is 0.327 e. The first kappa shape index (κ1) is 9.94. The summed E-state index contributed by atoms with van der Waals surface area (Å²) in [4.78, 5) is 21.1. The van der Waals surface area contributed by atoms with Crippen LogP contribution in [0.3, 0.4) is 0 Å². The molecular weight excluding hydrogens is 146 g/mol. The summed E-state index contributed by atoms with van der Waals surface area (Å²) in [7, 11) is 0. The second kappa shape index (κ2) is 5.70. The molecule has 63 valence electrons. The van der Waals surface area contributed by atoms with E-state index >= 15 is 0 Å². The molecule has 0 saturated carbocycles. The van der Waals surface area contributed by atoms with E-state index in [4.69, 9.17) is 0 Å². The van der Waals surface area contributed by atoms with E-state index in [-0.39, 0.29) is 12.5 Å². The van der Waals surface area contributed by atoms with E-state index in [9.17, 15) is 9.59 Å². The fourth-order valence-corrected chi connectivity index (χ4v) is 0.471. The van der Waals surface area contributed by atoms with Gasteiger partial charge in [-0.2, -0.15) is 0 Å². The number of amides is 1. The minimum absolute atomic E-state index is 0.152. The van der Waals surface area contributed by atoms with Crippen LogP contribution in [0.15, 0.2) is 0 Å². The quantitative estimate of drug-likeness (QED) is 0.545. The number of nitrogens with zero attached hydrogens (tertiary/aromatic N) is 1. The Morgan fingerprint density at radius 1 is 1.36 bits per heavy atom. The Balaban J connectivity index is 3.38. The van der Waals surface area contributed by atoms with Gasteiger partial charge in [0, 0.05) is 6.42 Å². The zero-order valence-electron chi connectivity index (χ0n) is 6.79. The number of ether oxygens (including phenoxy) is 1. The summed E-state index contributed by atoms with van der Waals surface area (Å²) in [6, 6.07) is 0. The van der Waals surface area contributed by atoms with Gasteiger partial charge in [-0.1, -0.05) is 6.92 Å². The Morgan fingerprint density at radius 3 is 2.45 bits per heavy atom. The van der Waals surface area contributed by atoms with Crippen LogP contribution in [0.4, 0.5) is 0 Å². The number of hydrogen-bond donors (Lipinski definition) is 0. The topological polar surface area (TPSA) is 57.5 Å². The van der Waals surface area contributed by atoms with E-state index < -0.39 is 5.97 Å².